The van der Waals surface area contributed by atoms with Gasteiger partial charge in [0.05, 0.1) is 0 Å². The minimum Gasteiger partial charge on any atom is -0.179 e. The van der Waals surface area contributed by atoms with Crippen LogP contribution in [-0.4, -0.2) is 11.3 Å². The Hall–Kier alpha value is -1.01. The molecule has 4 aromatic rings. The van der Waals surface area contributed by atoms with Crippen LogP contribution in [0.5, 0.6) is 0 Å². The molecule has 0 amide bonds. The Kier molecular flexibility index (Phi) is 10.9. The van der Waals surface area contributed by atoms with Gasteiger partial charge in [-0.2, -0.15) is 35.9 Å². The van der Waals surface area contributed by atoms with Crippen molar-refractivity contribution in [3.8, 4) is 11.1 Å². The van der Waals surface area contributed by atoms with Gasteiger partial charge in [0.1, 0.15) is 0 Å². The van der Waals surface area contributed by atoms with E-state index in [0.29, 0.717) is 0 Å². The van der Waals surface area contributed by atoms with E-state index in [1.165, 1.54) is 97.2 Å². The van der Waals surface area contributed by atoms with Gasteiger partial charge in [0.25, 0.3) is 0 Å². The summed E-state index contributed by atoms with van der Waals surface area (Å²) in [5.41, 5.74) is 7.54. The molecule has 0 saturated heterocycles. The Morgan fingerprint density at radius 3 is 2.03 bits per heavy atom. The first kappa shape index (κ1) is 28.5. The van der Waals surface area contributed by atoms with E-state index < -0.39 is 17.0 Å². The third-order valence-corrected chi connectivity index (χ3v) is 11.9. The fourth-order valence-electron chi connectivity index (χ4n) is 6.72. The molecule has 0 spiro atoms. The van der Waals surface area contributed by atoms with Crippen LogP contribution >= 0.6 is 26.5 Å². The predicted molar refractivity (Wildman–Crippen MR) is 165 cm³/mol. The van der Waals surface area contributed by atoms with E-state index in [9.17, 15) is 0 Å². The smallest absolute Gasteiger partial charge is 0.0181 e. The zero-order valence-electron chi connectivity index (χ0n) is 22.1. The van der Waals surface area contributed by atoms with Crippen molar-refractivity contribution in [3.63, 3.8) is 0 Å². The molecule has 0 nitrogen and oxygen atoms in total. The molecule has 0 aromatic heterocycles. The minimum absolute atomic E-state index is 0.0611. The van der Waals surface area contributed by atoms with Gasteiger partial charge in [-0.1, -0.05) is 87.9 Å². The van der Waals surface area contributed by atoms with Crippen LogP contribution in [0.3, 0.4) is 0 Å². The van der Waals surface area contributed by atoms with Crippen molar-refractivity contribution in [2.24, 2.45) is 0 Å². The van der Waals surface area contributed by atoms with Crippen molar-refractivity contribution in [2.75, 3.05) is 0 Å². The van der Waals surface area contributed by atoms with Crippen LogP contribution in [0.4, 0.5) is 0 Å². The third kappa shape index (κ3) is 7.00. The average Bonchev–Trinajstić information content (AvgIpc) is 3.57. The summed E-state index contributed by atoms with van der Waals surface area (Å²) < 4.78 is 0. The molecule has 2 saturated carbocycles. The first-order valence-corrected chi connectivity index (χ1v) is 20.0. The maximum Gasteiger partial charge on any atom is -0.0181 e. The van der Waals surface area contributed by atoms with Crippen LogP contribution in [0, 0.1) is 6.07 Å². The molecular weight excluding hydrogens is 558 g/mol. The summed E-state index contributed by atoms with van der Waals surface area (Å²) in [4.78, 5) is 0. The first-order chi connectivity index (χ1) is 18.8. The van der Waals surface area contributed by atoms with Crippen LogP contribution in [0.25, 0.3) is 21.9 Å². The molecule has 0 aliphatic heterocycles. The van der Waals surface area contributed by atoms with Gasteiger partial charge < -0.3 is 0 Å². The average molecular weight is 595 g/mol. The van der Waals surface area contributed by atoms with Gasteiger partial charge in [0.15, 0.2) is 0 Å². The van der Waals surface area contributed by atoms with Crippen molar-refractivity contribution >= 4 is 42.6 Å². The van der Waals surface area contributed by atoms with Crippen molar-refractivity contribution in [3.05, 3.63) is 96.1 Å². The largest absolute Gasteiger partial charge is 0.179 e. The molecule has 0 radical (unpaired) electrons. The summed E-state index contributed by atoms with van der Waals surface area (Å²) in [5, 5.41) is 4.67. The van der Waals surface area contributed by atoms with Crippen LogP contribution in [-0.2, 0) is 23.5 Å². The van der Waals surface area contributed by atoms with E-state index >= 15 is 0 Å². The number of hydrogen-bond acceptors (Lipinski definition) is 0. The number of halogens is 2. The Bertz CT molecular complexity index is 1190. The monoisotopic (exact) mass is 594 g/mol. The molecule has 4 heteroatoms. The van der Waals surface area contributed by atoms with E-state index in [1.54, 1.807) is 5.30 Å². The molecule has 3 aliphatic rings. The zero-order valence-corrected chi connectivity index (χ0v) is 26.1. The second kappa shape index (κ2) is 14.6. The van der Waals surface area contributed by atoms with Gasteiger partial charge in [-0.15, -0.1) is 45.9 Å². The molecule has 3 aliphatic carbocycles. The van der Waals surface area contributed by atoms with Gasteiger partial charge in [0.2, 0.25) is 0 Å². The molecule has 38 heavy (non-hydrogen) atoms. The summed E-state index contributed by atoms with van der Waals surface area (Å²) in [6, 6.07) is 32.2. The fraction of sp³-hybridized carbons (Fsp3) is 0.382. The van der Waals surface area contributed by atoms with E-state index in [0.717, 1.165) is 17.7 Å². The van der Waals surface area contributed by atoms with Crippen molar-refractivity contribution in [1.82, 2.24) is 0 Å². The minimum atomic E-state index is -0.556. The molecule has 2 fully saturated rings. The van der Waals surface area contributed by atoms with Gasteiger partial charge in [-0.05, 0) is 43.4 Å². The molecular formula is C34H37Cl2PTi-2. The maximum absolute atomic E-state index is 4.89. The normalized spacial score (nSPS) is 17.1. The van der Waals surface area contributed by atoms with Crippen LogP contribution in [0.2, 0.25) is 0 Å². The maximum atomic E-state index is 4.89. The number of rotatable bonds is 3. The molecule has 7 rings (SSSR count). The molecule has 198 valence electrons. The predicted octanol–water partition coefficient (Wildman–Crippen LogP) is 10.8. The summed E-state index contributed by atoms with van der Waals surface area (Å²) in [6.45, 7) is 0. The Morgan fingerprint density at radius 1 is 0.737 bits per heavy atom. The summed E-state index contributed by atoms with van der Waals surface area (Å²) in [6.07, 6.45) is 16.0. The quantitative estimate of drug-likeness (QED) is 0.111. The van der Waals surface area contributed by atoms with Gasteiger partial charge in [0, 0.05) is 0 Å². The Labute approximate surface area is 247 Å². The summed E-state index contributed by atoms with van der Waals surface area (Å²) in [7, 11) is 9.84. The molecule has 0 unspecified atom stereocenters. The molecule has 4 aromatic carbocycles. The van der Waals surface area contributed by atoms with Crippen LogP contribution in [0.1, 0.15) is 75.3 Å². The van der Waals surface area contributed by atoms with E-state index in [4.69, 9.17) is 18.6 Å². The van der Waals surface area contributed by atoms with Gasteiger partial charge >= 0.3 is 35.6 Å². The summed E-state index contributed by atoms with van der Waals surface area (Å²) >= 11 is -0.556. The topological polar surface area (TPSA) is 0 Å². The SMILES string of the molecule is [Cl][Ti][Cl].[c-]1cccc2c1Cc1ccccc1-2.c1ccc2[cH-]c(P(C3CCCCC3)C3CCCCC3)cc2c1. The first-order valence-electron chi connectivity index (χ1n) is 14.3. The van der Waals surface area contributed by atoms with Crippen molar-refractivity contribution < 1.29 is 17.0 Å². The second-order valence-electron chi connectivity index (χ2n) is 10.8. The molecule has 0 N–H and O–H groups in total. The van der Waals surface area contributed by atoms with E-state index in [-0.39, 0.29) is 7.92 Å². The second-order valence-corrected chi connectivity index (χ2v) is 16.2. The van der Waals surface area contributed by atoms with Crippen LogP contribution in [0.15, 0.2) is 78.9 Å². The molecule has 0 heterocycles. The van der Waals surface area contributed by atoms with E-state index in [2.05, 4.69) is 78.9 Å². The zero-order chi connectivity index (χ0) is 26.2. The third-order valence-electron chi connectivity index (χ3n) is 8.45. The Morgan fingerprint density at radius 2 is 1.34 bits per heavy atom. The number of hydrogen-bond donors (Lipinski definition) is 0. The number of fused-ring (bicyclic) bond motifs is 4. The van der Waals surface area contributed by atoms with Crippen molar-refractivity contribution in [1.29, 1.82) is 0 Å². The Balaban J connectivity index is 0.000000155. The van der Waals surface area contributed by atoms with Crippen LogP contribution < -0.4 is 5.30 Å². The number of benzene rings is 3. The van der Waals surface area contributed by atoms with E-state index in [1.807, 2.05) is 6.07 Å². The molecule has 0 bridgehead atoms. The van der Waals surface area contributed by atoms with Crippen molar-refractivity contribution in [2.45, 2.75) is 81.9 Å². The van der Waals surface area contributed by atoms with Gasteiger partial charge in [-0.3, -0.25) is 0 Å². The fourth-order valence-corrected chi connectivity index (χ4v) is 10.6. The summed E-state index contributed by atoms with van der Waals surface area (Å²) in [5.74, 6) is 0. The van der Waals surface area contributed by atoms with Gasteiger partial charge in [-0.25, -0.2) is 0 Å². The molecule has 0 atom stereocenters. The standard InChI is InChI=1S/C21H28P.C13H9.2ClH.Ti/c1-3-11-19(12-4-1)22(20-13-5-2-6-14-20)21-15-17-9-7-8-10-18(17)16-21;1-3-7-12-10(5-1)9-11-6-2-4-8-13(11)12;;;/h7-10,15-16,19-20H,1-6,11-14H2;1-5,7-8H,9H2;2*1H;/q2*-1;;;+2/p-2.